The third kappa shape index (κ3) is 1.39. The van der Waals surface area contributed by atoms with Crippen LogP contribution in [0.15, 0.2) is 0 Å². The van der Waals surface area contributed by atoms with E-state index in [9.17, 15) is 0 Å². The zero-order valence-corrected chi connectivity index (χ0v) is 7.98. The van der Waals surface area contributed by atoms with E-state index in [0.717, 1.165) is 31.5 Å². The van der Waals surface area contributed by atoms with Crippen LogP contribution in [0, 0.1) is 11.8 Å². The van der Waals surface area contributed by atoms with Gasteiger partial charge in [-0.15, -0.1) is 0 Å². The van der Waals surface area contributed by atoms with Gasteiger partial charge in [-0.3, -0.25) is 4.90 Å². The first-order valence-electron chi connectivity index (χ1n) is 5.42. The van der Waals surface area contributed by atoms with Crippen LogP contribution in [0.1, 0.15) is 12.8 Å². The third-order valence-corrected chi connectivity index (χ3v) is 3.84. The molecule has 0 bridgehead atoms. The molecule has 2 saturated heterocycles. The fourth-order valence-corrected chi connectivity index (χ4v) is 2.91. The molecule has 74 valence electrons. The lowest BCUT2D eigenvalue weighted by Crippen LogP contribution is -2.52. The predicted octanol–water partition coefficient (Wildman–Crippen LogP) is 0.0543. The average molecular weight is 182 g/mol. The number of piperidine rings is 1. The molecule has 2 heterocycles. The minimum absolute atomic E-state index is 0.256. The largest absolute Gasteiger partial charge is 0.380 e. The Hall–Kier alpha value is -0.120. The second kappa shape index (κ2) is 2.94. The third-order valence-electron chi connectivity index (χ3n) is 3.84. The topological polar surface area (TPSA) is 38.5 Å². The molecule has 2 aliphatic heterocycles. The van der Waals surface area contributed by atoms with Gasteiger partial charge >= 0.3 is 0 Å². The van der Waals surface area contributed by atoms with Gasteiger partial charge < -0.3 is 10.5 Å². The standard InChI is InChI=1S/C10H18N2O/c11-9-6-13-2-1-10(9)12-4-7-3-8(7)5-12/h7-10H,1-6,11H2/t7-,8+,9-,10-/m1/s1. The van der Waals surface area contributed by atoms with Crippen LogP contribution >= 0.6 is 0 Å². The van der Waals surface area contributed by atoms with Crippen LogP contribution in [-0.2, 0) is 4.74 Å². The highest BCUT2D eigenvalue weighted by Gasteiger charge is 2.47. The summed E-state index contributed by atoms with van der Waals surface area (Å²) < 4.78 is 5.36. The Morgan fingerprint density at radius 2 is 2.00 bits per heavy atom. The van der Waals surface area contributed by atoms with E-state index < -0.39 is 0 Å². The number of likely N-dealkylation sites (tertiary alicyclic amines) is 1. The molecule has 0 unspecified atom stereocenters. The maximum absolute atomic E-state index is 6.05. The van der Waals surface area contributed by atoms with Crippen molar-refractivity contribution in [1.29, 1.82) is 0 Å². The number of rotatable bonds is 1. The van der Waals surface area contributed by atoms with Crippen molar-refractivity contribution in [2.45, 2.75) is 24.9 Å². The maximum atomic E-state index is 6.05. The van der Waals surface area contributed by atoms with Crippen molar-refractivity contribution in [2.75, 3.05) is 26.3 Å². The lowest BCUT2D eigenvalue weighted by molar-refractivity contribution is 0.0220. The predicted molar refractivity (Wildman–Crippen MR) is 50.4 cm³/mol. The van der Waals surface area contributed by atoms with Crippen molar-refractivity contribution >= 4 is 0 Å². The van der Waals surface area contributed by atoms with Crippen LogP contribution in [0.25, 0.3) is 0 Å². The molecule has 0 aromatic rings. The van der Waals surface area contributed by atoms with E-state index >= 15 is 0 Å². The second-order valence-electron chi connectivity index (χ2n) is 4.80. The molecular weight excluding hydrogens is 164 g/mol. The van der Waals surface area contributed by atoms with Gasteiger partial charge in [0.1, 0.15) is 0 Å². The summed E-state index contributed by atoms with van der Waals surface area (Å²) in [5.41, 5.74) is 6.05. The van der Waals surface area contributed by atoms with Crippen molar-refractivity contribution in [3.63, 3.8) is 0 Å². The van der Waals surface area contributed by atoms with Crippen LogP contribution in [0.4, 0.5) is 0 Å². The minimum atomic E-state index is 0.256. The molecule has 3 heteroatoms. The van der Waals surface area contributed by atoms with E-state index in [1.807, 2.05) is 0 Å². The summed E-state index contributed by atoms with van der Waals surface area (Å²) in [4.78, 5) is 2.60. The maximum Gasteiger partial charge on any atom is 0.0632 e. The summed E-state index contributed by atoms with van der Waals surface area (Å²) in [7, 11) is 0. The van der Waals surface area contributed by atoms with Crippen LogP contribution in [0.5, 0.6) is 0 Å². The van der Waals surface area contributed by atoms with Crippen molar-refractivity contribution in [1.82, 2.24) is 4.90 Å². The van der Waals surface area contributed by atoms with E-state index in [4.69, 9.17) is 10.5 Å². The highest BCUT2D eigenvalue weighted by Crippen LogP contribution is 2.46. The molecule has 1 aliphatic carbocycles. The summed E-state index contributed by atoms with van der Waals surface area (Å²) in [5, 5.41) is 0. The fraction of sp³-hybridized carbons (Fsp3) is 1.00. The minimum Gasteiger partial charge on any atom is -0.380 e. The summed E-state index contributed by atoms with van der Waals surface area (Å²) in [6.45, 7) is 4.28. The lowest BCUT2D eigenvalue weighted by atomic mass is 10.0. The molecule has 3 fully saturated rings. The fourth-order valence-electron chi connectivity index (χ4n) is 2.91. The van der Waals surface area contributed by atoms with Gasteiger partial charge in [0.25, 0.3) is 0 Å². The number of ether oxygens (including phenoxy) is 1. The number of nitrogens with zero attached hydrogens (tertiary/aromatic N) is 1. The summed E-state index contributed by atoms with van der Waals surface area (Å²) >= 11 is 0. The zero-order valence-electron chi connectivity index (χ0n) is 7.98. The van der Waals surface area contributed by atoms with E-state index in [1.54, 1.807) is 0 Å². The van der Waals surface area contributed by atoms with Crippen molar-refractivity contribution in [3.05, 3.63) is 0 Å². The smallest absolute Gasteiger partial charge is 0.0632 e. The van der Waals surface area contributed by atoms with E-state index in [1.165, 1.54) is 19.5 Å². The molecule has 3 aliphatic rings. The summed E-state index contributed by atoms with van der Waals surface area (Å²) in [5.74, 6) is 2.05. The number of hydrogen-bond acceptors (Lipinski definition) is 3. The quantitative estimate of drug-likeness (QED) is 0.623. The van der Waals surface area contributed by atoms with Crippen molar-refractivity contribution < 1.29 is 4.74 Å². The Morgan fingerprint density at radius 1 is 1.23 bits per heavy atom. The Labute approximate surface area is 79.2 Å². The monoisotopic (exact) mass is 182 g/mol. The highest BCUT2D eigenvalue weighted by atomic mass is 16.5. The zero-order chi connectivity index (χ0) is 8.84. The molecule has 4 atom stereocenters. The average Bonchev–Trinajstić information content (AvgIpc) is 2.75. The van der Waals surface area contributed by atoms with E-state index in [2.05, 4.69) is 4.90 Å². The van der Waals surface area contributed by atoms with Gasteiger partial charge in [-0.2, -0.15) is 0 Å². The van der Waals surface area contributed by atoms with Gasteiger partial charge in [0.15, 0.2) is 0 Å². The van der Waals surface area contributed by atoms with Crippen LogP contribution in [0.2, 0.25) is 0 Å². The molecule has 2 N–H and O–H groups in total. The van der Waals surface area contributed by atoms with Gasteiger partial charge in [0, 0.05) is 31.8 Å². The summed E-state index contributed by atoms with van der Waals surface area (Å²) in [6.07, 6.45) is 2.62. The van der Waals surface area contributed by atoms with Gasteiger partial charge in [-0.05, 0) is 24.7 Å². The highest BCUT2D eigenvalue weighted by molar-refractivity contribution is 5.00. The van der Waals surface area contributed by atoms with Gasteiger partial charge in [-0.25, -0.2) is 0 Å². The van der Waals surface area contributed by atoms with Crippen LogP contribution < -0.4 is 5.73 Å². The van der Waals surface area contributed by atoms with Gasteiger partial charge in [-0.1, -0.05) is 0 Å². The van der Waals surface area contributed by atoms with Crippen molar-refractivity contribution in [3.8, 4) is 0 Å². The molecule has 13 heavy (non-hydrogen) atoms. The first kappa shape index (κ1) is 8.21. The molecular formula is C10H18N2O. The SMILES string of the molecule is N[C@@H]1COCC[C@H]1N1C[C@H]2C[C@H]2C1. The Morgan fingerprint density at radius 3 is 2.69 bits per heavy atom. The molecule has 0 spiro atoms. The number of nitrogens with two attached hydrogens (primary N) is 1. The lowest BCUT2D eigenvalue weighted by Gasteiger charge is -2.36. The number of hydrogen-bond donors (Lipinski definition) is 1. The number of fused-ring (bicyclic) bond motifs is 1. The second-order valence-corrected chi connectivity index (χ2v) is 4.80. The first-order chi connectivity index (χ1) is 6.34. The molecule has 0 radical (unpaired) electrons. The Kier molecular flexibility index (Phi) is 1.86. The molecule has 0 aromatic carbocycles. The van der Waals surface area contributed by atoms with E-state index in [-0.39, 0.29) is 6.04 Å². The Bertz CT molecular complexity index is 199. The molecule has 3 nitrogen and oxygen atoms in total. The van der Waals surface area contributed by atoms with Gasteiger partial charge in [0.2, 0.25) is 0 Å². The molecule has 0 aromatic heterocycles. The van der Waals surface area contributed by atoms with Crippen molar-refractivity contribution in [2.24, 2.45) is 17.6 Å². The first-order valence-corrected chi connectivity index (χ1v) is 5.42. The summed E-state index contributed by atoms with van der Waals surface area (Å²) in [6, 6.07) is 0.868. The van der Waals surface area contributed by atoms with E-state index in [0.29, 0.717) is 6.04 Å². The van der Waals surface area contributed by atoms with Crippen LogP contribution in [-0.4, -0.2) is 43.3 Å². The normalized spacial score (nSPS) is 50.5. The molecule has 3 rings (SSSR count). The molecule has 1 saturated carbocycles. The van der Waals surface area contributed by atoms with Gasteiger partial charge in [0.05, 0.1) is 6.61 Å². The molecule has 0 amide bonds. The van der Waals surface area contributed by atoms with Crippen LogP contribution in [0.3, 0.4) is 0 Å². The Balaban J connectivity index is 1.63.